The number of anilines is 1. The average molecular weight is 454 g/mol. The molecule has 0 saturated carbocycles. The number of hydrogen-bond donors (Lipinski definition) is 2. The van der Waals surface area contributed by atoms with Crippen LogP contribution in [0, 0.1) is 0 Å². The van der Waals surface area contributed by atoms with E-state index in [-0.39, 0.29) is 5.91 Å². The summed E-state index contributed by atoms with van der Waals surface area (Å²) >= 11 is 7.49. The summed E-state index contributed by atoms with van der Waals surface area (Å²) in [4.78, 5) is 25.9. The maximum absolute atomic E-state index is 12.4. The average Bonchev–Trinajstić information content (AvgIpc) is 3.12. The van der Waals surface area contributed by atoms with Gasteiger partial charge in [0.25, 0.3) is 5.91 Å². The lowest BCUT2D eigenvalue weighted by atomic mass is 10.1. The molecule has 2 aromatic carbocycles. The largest absolute Gasteiger partial charge is 0.477 e. The lowest BCUT2D eigenvalue weighted by Gasteiger charge is -2.09. The minimum absolute atomic E-state index is 0.279. The first kappa shape index (κ1) is 21.1. The third-order valence-electron chi connectivity index (χ3n) is 4.50. The van der Waals surface area contributed by atoms with Gasteiger partial charge in [-0.1, -0.05) is 35.9 Å². The Labute approximate surface area is 189 Å². The Kier molecular flexibility index (Phi) is 6.39. The zero-order chi connectivity index (χ0) is 21.8. The fourth-order valence-corrected chi connectivity index (χ4v) is 4.03. The second-order valence-corrected chi connectivity index (χ2v) is 8.03. The predicted octanol–water partition coefficient (Wildman–Crippen LogP) is 4.48. The van der Waals surface area contributed by atoms with Gasteiger partial charge < -0.3 is 15.4 Å². The number of aliphatic imine (C=N–C) groups is 1. The highest BCUT2D eigenvalue weighted by Crippen LogP contribution is 2.30. The molecule has 0 unspecified atom stereocenters. The van der Waals surface area contributed by atoms with E-state index in [1.807, 2.05) is 55.5 Å². The first-order valence-electron chi connectivity index (χ1n) is 9.69. The van der Waals surface area contributed by atoms with Gasteiger partial charge in [-0.15, -0.1) is 0 Å². The zero-order valence-corrected chi connectivity index (χ0v) is 18.5. The standard InChI is InChI=1S/C22H20ClN5O2S/c1-3-30-20-15-10-13(8-9-17(15)26-21(24-2)28-20)11-18-19(29)27-22(31-18)25-12-14-6-4-5-7-16(14)23/h4-11H,3,12H2,1-2H3,(H,24,26,28)(H,25,27,29)/b18-11-. The summed E-state index contributed by atoms with van der Waals surface area (Å²) in [5.41, 5.74) is 2.54. The maximum atomic E-state index is 12.4. The van der Waals surface area contributed by atoms with Crippen molar-refractivity contribution in [3.8, 4) is 5.88 Å². The van der Waals surface area contributed by atoms with Gasteiger partial charge in [-0.25, -0.2) is 4.98 Å². The molecule has 1 aromatic heterocycles. The smallest absolute Gasteiger partial charge is 0.286 e. The Balaban J connectivity index is 1.54. The van der Waals surface area contributed by atoms with Crippen molar-refractivity contribution < 1.29 is 9.53 Å². The lowest BCUT2D eigenvalue weighted by Crippen LogP contribution is -2.18. The molecule has 0 aliphatic carbocycles. The van der Waals surface area contributed by atoms with Gasteiger partial charge in [-0.2, -0.15) is 9.98 Å². The number of amidine groups is 1. The Morgan fingerprint density at radius 1 is 1.19 bits per heavy atom. The highest BCUT2D eigenvalue weighted by atomic mass is 35.5. The Morgan fingerprint density at radius 3 is 2.81 bits per heavy atom. The van der Waals surface area contributed by atoms with Crippen molar-refractivity contribution in [2.24, 2.45) is 4.99 Å². The van der Waals surface area contributed by atoms with Crippen LogP contribution < -0.4 is 15.4 Å². The van der Waals surface area contributed by atoms with Crippen LogP contribution in [-0.4, -0.2) is 34.7 Å². The number of benzene rings is 2. The molecule has 2 N–H and O–H groups in total. The molecule has 0 radical (unpaired) electrons. The van der Waals surface area contributed by atoms with E-state index < -0.39 is 0 Å². The first-order valence-corrected chi connectivity index (χ1v) is 10.9. The minimum Gasteiger partial charge on any atom is -0.477 e. The van der Waals surface area contributed by atoms with Crippen LogP contribution in [0.3, 0.4) is 0 Å². The Hall–Kier alpha value is -3.10. The first-order chi connectivity index (χ1) is 15.1. The van der Waals surface area contributed by atoms with E-state index in [1.54, 1.807) is 7.05 Å². The molecule has 1 amide bonds. The highest BCUT2D eigenvalue weighted by molar-refractivity contribution is 8.18. The highest BCUT2D eigenvalue weighted by Gasteiger charge is 2.22. The van der Waals surface area contributed by atoms with Gasteiger partial charge in [0.15, 0.2) is 5.17 Å². The minimum atomic E-state index is -0.279. The topological polar surface area (TPSA) is 88.5 Å². The van der Waals surface area contributed by atoms with E-state index in [0.29, 0.717) is 40.1 Å². The number of nitrogens with zero attached hydrogens (tertiary/aromatic N) is 3. The number of thioether (sulfide) groups is 1. The van der Waals surface area contributed by atoms with E-state index in [0.717, 1.165) is 22.0 Å². The number of aromatic nitrogens is 2. The molecule has 3 aromatic rings. The summed E-state index contributed by atoms with van der Waals surface area (Å²) in [6, 6.07) is 13.3. The number of hydrogen-bond acceptors (Lipinski definition) is 7. The number of carbonyl (C=O) groups excluding carboxylic acids is 1. The van der Waals surface area contributed by atoms with Crippen molar-refractivity contribution in [2.75, 3.05) is 19.0 Å². The molecule has 2 heterocycles. The summed E-state index contributed by atoms with van der Waals surface area (Å²) < 4.78 is 5.68. The molecule has 7 nitrogen and oxygen atoms in total. The molecule has 4 rings (SSSR count). The quantitative estimate of drug-likeness (QED) is 0.532. The number of halogens is 1. The summed E-state index contributed by atoms with van der Waals surface area (Å²) in [5, 5.41) is 8.11. The lowest BCUT2D eigenvalue weighted by molar-refractivity contribution is -0.113. The molecule has 0 spiro atoms. The van der Waals surface area contributed by atoms with Crippen LogP contribution in [0.4, 0.5) is 5.95 Å². The second kappa shape index (κ2) is 9.36. The summed E-state index contributed by atoms with van der Waals surface area (Å²) in [7, 11) is 1.76. The van der Waals surface area contributed by atoms with Crippen LogP contribution in [0.15, 0.2) is 52.4 Å². The van der Waals surface area contributed by atoms with Gasteiger partial charge in [0.2, 0.25) is 11.8 Å². The van der Waals surface area contributed by atoms with Crippen molar-refractivity contribution >= 4 is 57.4 Å². The van der Waals surface area contributed by atoms with Crippen LogP contribution in [0.1, 0.15) is 18.1 Å². The predicted molar refractivity (Wildman–Crippen MR) is 127 cm³/mol. The van der Waals surface area contributed by atoms with Gasteiger partial charge in [0.05, 0.1) is 22.4 Å². The van der Waals surface area contributed by atoms with Crippen molar-refractivity contribution in [3.05, 3.63) is 63.5 Å². The molecule has 9 heteroatoms. The van der Waals surface area contributed by atoms with Crippen molar-refractivity contribution in [2.45, 2.75) is 13.5 Å². The van der Waals surface area contributed by atoms with Crippen LogP contribution >= 0.6 is 23.4 Å². The molecular formula is C22H20ClN5O2S. The molecule has 0 saturated heterocycles. The van der Waals surface area contributed by atoms with Crippen molar-refractivity contribution in [3.63, 3.8) is 0 Å². The monoisotopic (exact) mass is 453 g/mol. The van der Waals surface area contributed by atoms with E-state index >= 15 is 0 Å². The third-order valence-corrected chi connectivity index (χ3v) is 5.81. The molecule has 1 aliphatic rings. The fraction of sp³-hybridized carbons (Fsp3) is 0.182. The van der Waals surface area contributed by atoms with Crippen molar-refractivity contribution in [1.82, 2.24) is 15.3 Å². The normalized spacial score (nSPS) is 14.7. The zero-order valence-electron chi connectivity index (χ0n) is 17.0. The number of carbonyl (C=O) groups is 1. The number of ether oxygens (including phenoxy) is 1. The van der Waals surface area contributed by atoms with Gasteiger partial charge in [-0.3, -0.25) is 4.79 Å². The van der Waals surface area contributed by atoms with E-state index in [9.17, 15) is 4.79 Å². The molecule has 158 valence electrons. The van der Waals surface area contributed by atoms with Gasteiger partial charge in [0, 0.05) is 18.6 Å². The molecule has 0 fully saturated rings. The molecule has 0 atom stereocenters. The molecule has 1 aliphatic heterocycles. The van der Waals surface area contributed by atoms with Crippen LogP contribution in [0.5, 0.6) is 5.88 Å². The van der Waals surface area contributed by atoms with E-state index in [2.05, 4.69) is 25.6 Å². The number of nitrogens with one attached hydrogen (secondary N) is 2. The summed E-state index contributed by atoms with van der Waals surface area (Å²) in [6.07, 6.45) is 1.81. The molecule has 31 heavy (non-hydrogen) atoms. The molecule has 0 bridgehead atoms. The number of rotatable bonds is 6. The van der Waals surface area contributed by atoms with Crippen LogP contribution in [0.2, 0.25) is 5.02 Å². The molecular weight excluding hydrogens is 434 g/mol. The SMILES string of the molecule is CCOc1nc(NC)nc2ccc(/C=C3\SC(NCc4ccccc4Cl)=NC3=O)cc12. The Morgan fingerprint density at radius 2 is 2.03 bits per heavy atom. The third kappa shape index (κ3) is 4.81. The maximum Gasteiger partial charge on any atom is 0.286 e. The second-order valence-electron chi connectivity index (χ2n) is 6.59. The van der Waals surface area contributed by atoms with Gasteiger partial charge in [0.1, 0.15) is 0 Å². The summed E-state index contributed by atoms with van der Waals surface area (Å²) in [6.45, 7) is 2.88. The van der Waals surface area contributed by atoms with Crippen LogP contribution in [0.25, 0.3) is 17.0 Å². The van der Waals surface area contributed by atoms with Gasteiger partial charge in [-0.05, 0) is 54.1 Å². The van der Waals surface area contributed by atoms with Crippen LogP contribution in [-0.2, 0) is 11.3 Å². The fourth-order valence-electron chi connectivity index (χ4n) is 3.02. The number of amides is 1. The summed E-state index contributed by atoms with van der Waals surface area (Å²) in [5.74, 6) is 0.714. The van der Waals surface area contributed by atoms with E-state index in [1.165, 1.54) is 11.8 Å². The van der Waals surface area contributed by atoms with Crippen molar-refractivity contribution in [1.29, 1.82) is 0 Å². The number of fused-ring (bicyclic) bond motifs is 1. The van der Waals surface area contributed by atoms with E-state index in [4.69, 9.17) is 16.3 Å². The Bertz CT molecular complexity index is 1210. The van der Waals surface area contributed by atoms with Gasteiger partial charge >= 0.3 is 0 Å².